The van der Waals surface area contributed by atoms with Gasteiger partial charge in [0.2, 0.25) is 5.91 Å². The van der Waals surface area contributed by atoms with E-state index in [1.54, 1.807) is 0 Å². The van der Waals surface area contributed by atoms with Crippen LogP contribution in [0.25, 0.3) is 0 Å². The van der Waals surface area contributed by atoms with Gasteiger partial charge in [-0.2, -0.15) is 0 Å². The van der Waals surface area contributed by atoms with E-state index in [0.29, 0.717) is 4.47 Å². The van der Waals surface area contributed by atoms with Crippen molar-refractivity contribution in [3.8, 4) is 0 Å². The lowest BCUT2D eigenvalue weighted by Crippen LogP contribution is -2.38. The fourth-order valence-corrected chi connectivity index (χ4v) is 2.05. The van der Waals surface area contributed by atoms with Crippen molar-refractivity contribution in [3.63, 3.8) is 0 Å². The van der Waals surface area contributed by atoms with Gasteiger partial charge in [-0.3, -0.25) is 14.5 Å². The Morgan fingerprint density at radius 2 is 2.10 bits per heavy atom. The Kier molecular flexibility index (Phi) is 4.22. The van der Waals surface area contributed by atoms with Gasteiger partial charge in [0.1, 0.15) is 6.54 Å². The summed E-state index contributed by atoms with van der Waals surface area (Å²) in [5, 5.41) is 13.6. The molecule has 4 amide bonds. The van der Waals surface area contributed by atoms with Gasteiger partial charge in [0.15, 0.2) is 0 Å². The molecule has 0 radical (unpaired) electrons. The Bertz CT molecular complexity index is 630. The summed E-state index contributed by atoms with van der Waals surface area (Å²) in [7, 11) is 0. The fraction of sp³-hybridized carbons (Fsp3) is 0.167. The van der Waals surface area contributed by atoms with Gasteiger partial charge in [-0.15, -0.1) is 0 Å². The summed E-state index contributed by atoms with van der Waals surface area (Å²) in [6.07, 6.45) is 0. The second kappa shape index (κ2) is 5.92. The smallest absolute Gasteiger partial charge is 0.335 e. The number of hydrogen-bond acceptors (Lipinski definition) is 4. The molecule has 1 saturated heterocycles. The monoisotopic (exact) mass is 355 g/mol. The minimum absolute atomic E-state index is 0.00323. The summed E-state index contributed by atoms with van der Waals surface area (Å²) in [5.41, 5.74) is 0.246. The summed E-state index contributed by atoms with van der Waals surface area (Å²) in [4.78, 5) is 46.2. The van der Waals surface area contributed by atoms with Crippen LogP contribution in [0.2, 0.25) is 0 Å². The van der Waals surface area contributed by atoms with Crippen LogP contribution < -0.4 is 10.6 Å². The first-order chi connectivity index (χ1) is 9.88. The second-order valence-electron chi connectivity index (χ2n) is 4.19. The number of carbonyl (C=O) groups excluding carboxylic acids is 3. The number of carboxylic acids is 1. The van der Waals surface area contributed by atoms with Crippen LogP contribution in [0.3, 0.4) is 0 Å². The Labute approximate surface area is 127 Å². The van der Waals surface area contributed by atoms with Gasteiger partial charge < -0.3 is 15.7 Å². The molecule has 3 N–H and O–H groups in total. The first kappa shape index (κ1) is 15.0. The minimum Gasteiger partial charge on any atom is -0.478 e. The van der Waals surface area contributed by atoms with E-state index >= 15 is 0 Å². The highest BCUT2D eigenvalue weighted by Crippen LogP contribution is 2.23. The Balaban J connectivity index is 2.09. The van der Waals surface area contributed by atoms with Crippen LogP contribution in [0.1, 0.15) is 10.4 Å². The molecule has 1 aliphatic heterocycles. The second-order valence-corrected chi connectivity index (χ2v) is 5.04. The zero-order valence-electron chi connectivity index (χ0n) is 10.6. The number of nitrogens with one attached hydrogen (secondary N) is 2. The quantitative estimate of drug-likeness (QED) is 0.685. The third-order valence-corrected chi connectivity index (χ3v) is 3.42. The summed E-state index contributed by atoms with van der Waals surface area (Å²) >= 11 is 3.18. The zero-order valence-corrected chi connectivity index (χ0v) is 12.1. The molecule has 1 aromatic carbocycles. The van der Waals surface area contributed by atoms with Crippen molar-refractivity contribution < 1.29 is 24.3 Å². The van der Waals surface area contributed by atoms with E-state index in [1.807, 2.05) is 0 Å². The number of halogens is 1. The number of anilines is 1. The first-order valence-electron chi connectivity index (χ1n) is 5.79. The highest BCUT2D eigenvalue weighted by atomic mass is 79.9. The van der Waals surface area contributed by atoms with Crippen molar-refractivity contribution in [2.75, 3.05) is 18.4 Å². The SMILES string of the molecule is O=C(CN1C(=O)CNC1=O)Nc1cc(C(=O)O)ccc1Br. The van der Waals surface area contributed by atoms with Gasteiger partial charge in [-0.05, 0) is 34.1 Å². The zero-order chi connectivity index (χ0) is 15.6. The lowest BCUT2D eigenvalue weighted by atomic mass is 10.2. The molecule has 21 heavy (non-hydrogen) atoms. The molecule has 2 rings (SSSR count). The number of carboxylic acid groups (broad SMARTS) is 1. The largest absolute Gasteiger partial charge is 0.478 e. The third kappa shape index (κ3) is 3.37. The molecule has 8 nitrogen and oxygen atoms in total. The van der Waals surface area contributed by atoms with Crippen LogP contribution >= 0.6 is 15.9 Å². The lowest BCUT2D eigenvalue weighted by Gasteiger charge is -2.13. The molecule has 0 spiro atoms. The molecule has 0 unspecified atom stereocenters. The molecular weight excluding hydrogens is 346 g/mol. The Morgan fingerprint density at radius 3 is 2.67 bits per heavy atom. The summed E-state index contributed by atoms with van der Waals surface area (Å²) < 4.78 is 0.484. The predicted octanol–water partition coefficient (Wildman–Crippen LogP) is 0.638. The van der Waals surface area contributed by atoms with E-state index in [1.165, 1.54) is 18.2 Å². The highest BCUT2D eigenvalue weighted by molar-refractivity contribution is 9.10. The summed E-state index contributed by atoms with van der Waals surface area (Å²) in [6.45, 7) is -0.571. The van der Waals surface area contributed by atoms with E-state index < -0.39 is 30.4 Å². The van der Waals surface area contributed by atoms with Crippen LogP contribution in [-0.4, -0.2) is 46.9 Å². The maximum atomic E-state index is 11.8. The molecule has 1 aliphatic rings. The molecule has 1 fully saturated rings. The number of carbonyl (C=O) groups is 4. The van der Waals surface area contributed by atoms with Gasteiger partial charge in [0, 0.05) is 4.47 Å². The fourth-order valence-electron chi connectivity index (χ4n) is 1.70. The molecule has 0 bridgehead atoms. The molecule has 9 heteroatoms. The highest BCUT2D eigenvalue weighted by Gasteiger charge is 2.30. The normalized spacial score (nSPS) is 14.0. The van der Waals surface area contributed by atoms with Crippen molar-refractivity contribution in [2.45, 2.75) is 0 Å². The number of hydrogen-bond donors (Lipinski definition) is 3. The average molecular weight is 356 g/mol. The van der Waals surface area contributed by atoms with Gasteiger partial charge in [0.05, 0.1) is 17.8 Å². The summed E-state index contributed by atoms with van der Waals surface area (Å²) in [5.74, 6) is -2.23. The van der Waals surface area contributed by atoms with Crippen molar-refractivity contribution in [2.24, 2.45) is 0 Å². The molecule has 0 atom stereocenters. The van der Waals surface area contributed by atoms with Gasteiger partial charge >= 0.3 is 12.0 Å². The standard InChI is InChI=1S/C12H10BrN3O5/c13-7-2-1-6(11(19)20)3-8(7)15-9(17)5-16-10(18)4-14-12(16)21/h1-3H,4-5H2,(H,14,21)(H,15,17)(H,19,20). The van der Waals surface area contributed by atoms with Crippen molar-refractivity contribution in [1.29, 1.82) is 0 Å². The molecule has 0 aliphatic carbocycles. The number of urea groups is 1. The molecule has 1 aromatic rings. The molecule has 110 valence electrons. The van der Waals surface area contributed by atoms with Crippen LogP contribution in [-0.2, 0) is 9.59 Å². The van der Waals surface area contributed by atoms with Gasteiger partial charge in [-0.1, -0.05) is 0 Å². The first-order valence-corrected chi connectivity index (χ1v) is 6.58. The molecule has 0 saturated carbocycles. The van der Waals surface area contributed by atoms with Gasteiger partial charge in [-0.25, -0.2) is 9.59 Å². The molecule has 0 aromatic heterocycles. The van der Waals surface area contributed by atoms with Crippen LogP contribution in [0.15, 0.2) is 22.7 Å². The topological polar surface area (TPSA) is 116 Å². The van der Waals surface area contributed by atoms with E-state index in [0.717, 1.165) is 4.90 Å². The van der Waals surface area contributed by atoms with E-state index in [2.05, 4.69) is 26.6 Å². The van der Waals surface area contributed by atoms with Crippen LogP contribution in [0.5, 0.6) is 0 Å². The number of amides is 4. The number of nitrogens with zero attached hydrogens (tertiary/aromatic N) is 1. The van der Waals surface area contributed by atoms with Crippen molar-refractivity contribution in [3.05, 3.63) is 28.2 Å². The third-order valence-electron chi connectivity index (χ3n) is 2.73. The number of rotatable bonds is 4. The Hall–Kier alpha value is -2.42. The van der Waals surface area contributed by atoms with E-state index in [4.69, 9.17) is 5.11 Å². The molecular formula is C12H10BrN3O5. The Morgan fingerprint density at radius 1 is 1.38 bits per heavy atom. The number of benzene rings is 1. The molecule has 1 heterocycles. The number of imide groups is 1. The van der Waals surface area contributed by atoms with E-state index in [-0.39, 0.29) is 17.8 Å². The van der Waals surface area contributed by atoms with Gasteiger partial charge in [0.25, 0.3) is 5.91 Å². The predicted molar refractivity (Wildman–Crippen MR) is 74.8 cm³/mol. The van der Waals surface area contributed by atoms with Crippen molar-refractivity contribution in [1.82, 2.24) is 10.2 Å². The summed E-state index contributed by atoms with van der Waals surface area (Å²) in [6, 6.07) is 3.50. The van der Waals surface area contributed by atoms with Crippen molar-refractivity contribution >= 4 is 45.4 Å². The maximum absolute atomic E-state index is 11.8. The minimum atomic E-state index is -1.13. The number of aromatic carboxylic acids is 1. The van der Waals surface area contributed by atoms with Crippen LogP contribution in [0.4, 0.5) is 10.5 Å². The lowest BCUT2D eigenvalue weighted by molar-refractivity contribution is -0.128. The van der Waals surface area contributed by atoms with E-state index in [9.17, 15) is 19.2 Å². The average Bonchev–Trinajstić information content (AvgIpc) is 2.73. The van der Waals surface area contributed by atoms with Crippen LogP contribution in [0, 0.1) is 0 Å². The maximum Gasteiger partial charge on any atom is 0.335 e.